The van der Waals surface area contributed by atoms with Gasteiger partial charge < -0.3 is 5.73 Å². The van der Waals surface area contributed by atoms with Gasteiger partial charge in [0.25, 0.3) is 0 Å². The van der Waals surface area contributed by atoms with Crippen molar-refractivity contribution in [2.75, 3.05) is 0 Å². The number of nitrogens with two attached hydrogens (primary N) is 1. The van der Waals surface area contributed by atoms with E-state index in [4.69, 9.17) is 5.73 Å². The number of hydrogen-bond acceptors (Lipinski definition) is 2. The lowest BCUT2D eigenvalue weighted by Gasteiger charge is -1.58. The quantitative estimate of drug-likeness (QED) is 0.393. The van der Waals surface area contributed by atoms with E-state index in [1.807, 2.05) is 0 Å². The molecule has 4 heavy (non-hydrogen) atoms. The first kappa shape index (κ1) is 1.91. The molecule has 0 fully saturated rings. The van der Waals surface area contributed by atoms with Crippen molar-refractivity contribution in [3.63, 3.8) is 0 Å². The van der Waals surface area contributed by atoms with E-state index in [9.17, 15) is 0 Å². The lowest BCUT2D eigenvalue weighted by atomic mass is 10.8. The summed E-state index contributed by atoms with van der Waals surface area (Å²) in [6.45, 7) is 0. The Kier molecular flexibility index (Phi) is 0.155. The molecule has 0 spiro atoms. The van der Waals surface area contributed by atoms with Gasteiger partial charge in [-0.25, -0.2) is 0 Å². The minimum absolute atomic E-state index is 0.0833. The summed E-state index contributed by atoms with van der Waals surface area (Å²) < 4.78 is 0. The van der Waals surface area contributed by atoms with E-state index < -0.39 is 0 Å². The molecule has 0 saturated heterocycles. The zero-order valence-electron chi connectivity index (χ0n) is 2.18. The first-order chi connectivity index (χ1) is 1.89. The van der Waals surface area contributed by atoms with E-state index in [-0.39, 0.29) is 6.17 Å². The molecular weight excluding hydrogens is 52.0 g/mol. The normalized spacial score (nSPS) is 35.8. The van der Waals surface area contributed by atoms with Gasteiger partial charge in [0.05, 0.1) is 0 Å². The highest BCUT2D eigenvalue weighted by molar-refractivity contribution is 5.76. The summed E-state index contributed by atoms with van der Waals surface area (Å²) in [5.41, 5.74) is 5.00. The molecule has 2 nitrogen and oxygen atoms in total. The molecule has 1 atom stereocenters. The van der Waals surface area contributed by atoms with Crippen molar-refractivity contribution in [2.24, 2.45) is 10.7 Å². The Bertz CT molecular complexity index is 42.0. The highest BCUT2D eigenvalue weighted by Gasteiger charge is 2.00. The van der Waals surface area contributed by atoms with Crippen LogP contribution in [0.2, 0.25) is 0 Å². The van der Waals surface area contributed by atoms with Gasteiger partial charge in [-0.3, -0.25) is 4.99 Å². The number of hydrogen-bond donors (Lipinski definition) is 1. The zero-order valence-corrected chi connectivity index (χ0v) is 2.18. The second-order valence-electron chi connectivity index (χ2n) is 0.789. The summed E-state index contributed by atoms with van der Waals surface area (Å²) in [6, 6.07) is 0. The van der Waals surface area contributed by atoms with Gasteiger partial charge in [0.15, 0.2) is 0 Å². The molecule has 0 bridgehead atoms. The first-order valence-electron chi connectivity index (χ1n) is 1.18. The molecule has 0 amide bonds. The largest absolute Gasteiger partial charge is 0.305 e. The van der Waals surface area contributed by atoms with Crippen LogP contribution < -0.4 is 5.73 Å². The summed E-state index contributed by atoms with van der Waals surface area (Å²) >= 11 is 0. The number of aliphatic imine (C=N–C) groups is 1. The van der Waals surface area contributed by atoms with Crippen LogP contribution in [0.5, 0.6) is 0 Å². The molecule has 1 aliphatic heterocycles. The van der Waals surface area contributed by atoms with Gasteiger partial charge in [-0.1, -0.05) is 0 Å². The van der Waals surface area contributed by atoms with Crippen LogP contribution in [0, 0.1) is 0 Å². The van der Waals surface area contributed by atoms with Crippen LogP contribution >= 0.6 is 0 Å². The van der Waals surface area contributed by atoms with Crippen LogP contribution in [0.1, 0.15) is 0 Å². The molecule has 2 N–H and O–H groups in total. The molecule has 0 saturated carbocycles. The maximum atomic E-state index is 5.00. The SMILES string of the molecule is NC1C=N1. The van der Waals surface area contributed by atoms with Crippen LogP contribution in [0.4, 0.5) is 0 Å². The first-order valence-corrected chi connectivity index (χ1v) is 1.18. The lowest BCUT2D eigenvalue weighted by molar-refractivity contribution is 1.08. The van der Waals surface area contributed by atoms with Gasteiger partial charge in [-0.2, -0.15) is 0 Å². The monoisotopic (exact) mass is 56.0 g/mol. The summed E-state index contributed by atoms with van der Waals surface area (Å²) in [5.74, 6) is 0. The van der Waals surface area contributed by atoms with Crippen LogP contribution in [0.3, 0.4) is 0 Å². The summed E-state index contributed by atoms with van der Waals surface area (Å²) in [7, 11) is 0. The van der Waals surface area contributed by atoms with Crippen LogP contribution in [-0.4, -0.2) is 12.4 Å². The smallest absolute Gasteiger partial charge is 0.132 e. The van der Waals surface area contributed by atoms with E-state index in [1.54, 1.807) is 6.21 Å². The van der Waals surface area contributed by atoms with Crippen molar-refractivity contribution in [1.29, 1.82) is 0 Å². The average molecular weight is 56.1 g/mol. The van der Waals surface area contributed by atoms with Crippen LogP contribution in [0.15, 0.2) is 4.99 Å². The lowest BCUT2D eigenvalue weighted by Crippen LogP contribution is -1.99. The Labute approximate surface area is 24.3 Å². The van der Waals surface area contributed by atoms with E-state index in [2.05, 4.69) is 4.99 Å². The van der Waals surface area contributed by atoms with Crippen molar-refractivity contribution >= 4 is 6.21 Å². The highest BCUT2D eigenvalue weighted by atomic mass is 15.0. The molecule has 0 radical (unpaired) electrons. The van der Waals surface area contributed by atoms with E-state index in [1.165, 1.54) is 0 Å². The molecule has 1 aliphatic rings. The molecular formula is C2H4N2. The fourth-order valence-electron chi connectivity index (χ4n) is 0.0497. The summed E-state index contributed by atoms with van der Waals surface area (Å²) in [6.07, 6.45) is 1.78. The fraction of sp³-hybridized carbons (Fsp3) is 0.500. The summed E-state index contributed by atoms with van der Waals surface area (Å²) in [4.78, 5) is 3.56. The maximum Gasteiger partial charge on any atom is 0.132 e. The predicted molar refractivity (Wildman–Crippen MR) is 16.5 cm³/mol. The molecule has 2 heteroatoms. The molecule has 1 heterocycles. The Morgan fingerprint density at radius 2 is 2.25 bits per heavy atom. The second kappa shape index (κ2) is 0.326. The van der Waals surface area contributed by atoms with Gasteiger partial charge in [-0.05, 0) is 0 Å². The van der Waals surface area contributed by atoms with Gasteiger partial charge >= 0.3 is 0 Å². The Morgan fingerprint density at radius 1 is 2.00 bits per heavy atom. The van der Waals surface area contributed by atoms with Crippen molar-refractivity contribution < 1.29 is 0 Å². The number of nitrogens with zero attached hydrogens (tertiary/aromatic N) is 1. The molecule has 0 aromatic rings. The van der Waals surface area contributed by atoms with E-state index in [0.29, 0.717) is 0 Å². The van der Waals surface area contributed by atoms with Crippen molar-refractivity contribution in [3.05, 3.63) is 0 Å². The second-order valence-corrected chi connectivity index (χ2v) is 0.789. The Balaban J connectivity index is 2.32. The standard InChI is InChI=1S/C2H4N2/c3-2-1-4-2/h1-2H,3H2. The van der Waals surface area contributed by atoms with Crippen molar-refractivity contribution in [1.82, 2.24) is 0 Å². The van der Waals surface area contributed by atoms with E-state index in [0.717, 1.165) is 0 Å². The fourth-order valence-corrected chi connectivity index (χ4v) is 0.0497. The van der Waals surface area contributed by atoms with Gasteiger partial charge in [0.1, 0.15) is 6.17 Å². The molecule has 22 valence electrons. The molecule has 1 unspecified atom stereocenters. The Hall–Kier alpha value is -0.370. The zero-order chi connectivity index (χ0) is 2.99. The molecule has 0 aromatic heterocycles. The molecule has 0 aliphatic carbocycles. The van der Waals surface area contributed by atoms with Gasteiger partial charge in [0.2, 0.25) is 0 Å². The van der Waals surface area contributed by atoms with E-state index >= 15 is 0 Å². The van der Waals surface area contributed by atoms with Gasteiger partial charge in [0, 0.05) is 6.21 Å². The molecule has 1 rings (SSSR count). The minimum Gasteiger partial charge on any atom is -0.305 e. The summed E-state index contributed by atoms with van der Waals surface area (Å²) in [5, 5.41) is 0. The van der Waals surface area contributed by atoms with Crippen molar-refractivity contribution in [2.45, 2.75) is 6.17 Å². The average Bonchev–Trinajstić information content (AvgIpc) is 1.75. The Morgan fingerprint density at radius 3 is 2.25 bits per heavy atom. The van der Waals surface area contributed by atoms with Crippen molar-refractivity contribution in [3.8, 4) is 0 Å². The topological polar surface area (TPSA) is 38.4 Å². The van der Waals surface area contributed by atoms with Gasteiger partial charge in [-0.15, -0.1) is 0 Å². The highest BCUT2D eigenvalue weighted by Crippen LogP contribution is 1.85. The third-order valence-electron chi connectivity index (χ3n) is 0.321. The number of rotatable bonds is 0. The minimum atomic E-state index is 0.0833. The predicted octanol–water partition coefficient (Wildman–Crippen LogP) is -0.644. The maximum absolute atomic E-state index is 5.00. The van der Waals surface area contributed by atoms with Crippen LogP contribution in [0.25, 0.3) is 0 Å². The third kappa shape index (κ3) is 0.0935. The molecule has 0 aromatic carbocycles. The third-order valence-corrected chi connectivity index (χ3v) is 0.321. The van der Waals surface area contributed by atoms with Crippen LogP contribution in [-0.2, 0) is 0 Å².